The normalized spacial score (nSPS) is 12.9. The van der Waals surface area contributed by atoms with Crippen molar-refractivity contribution in [3.63, 3.8) is 0 Å². The topological polar surface area (TPSA) is 52.6 Å². The van der Waals surface area contributed by atoms with E-state index >= 15 is 0 Å². The Balaban J connectivity index is 2.70. The zero-order chi connectivity index (χ0) is 16.9. The maximum absolute atomic E-state index is 13.0. The summed E-state index contributed by atoms with van der Waals surface area (Å²) in [6.07, 6.45) is -4.92. The molecule has 0 aliphatic rings. The van der Waals surface area contributed by atoms with E-state index in [4.69, 9.17) is 5.11 Å². The van der Waals surface area contributed by atoms with Crippen LogP contribution in [-0.2, 0) is 12.7 Å². The second-order valence-corrected chi connectivity index (χ2v) is 5.02. The second kappa shape index (κ2) is 7.44. The molecule has 0 heterocycles. The molecule has 2 amide bonds. The molecule has 0 saturated carbocycles. The minimum atomic E-state index is -4.69. The van der Waals surface area contributed by atoms with Gasteiger partial charge in [0.2, 0.25) is 0 Å². The molecule has 1 unspecified atom stereocenters. The van der Waals surface area contributed by atoms with Gasteiger partial charge in [-0.05, 0) is 31.0 Å². The number of hydrogen-bond donors (Lipinski definition) is 2. The van der Waals surface area contributed by atoms with E-state index in [-0.39, 0.29) is 18.7 Å². The second-order valence-electron chi connectivity index (χ2n) is 5.02. The molecule has 1 aromatic carbocycles. The van der Waals surface area contributed by atoms with Gasteiger partial charge in [-0.1, -0.05) is 6.07 Å². The number of carbonyl (C=O) groups is 1. The smallest absolute Gasteiger partial charge is 0.393 e. The number of halogens is 4. The fourth-order valence-corrected chi connectivity index (χ4v) is 1.75. The van der Waals surface area contributed by atoms with Gasteiger partial charge in [0.05, 0.1) is 11.7 Å². The van der Waals surface area contributed by atoms with Crippen LogP contribution < -0.4 is 5.32 Å². The van der Waals surface area contributed by atoms with Crippen LogP contribution in [0.25, 0.3) is 0 Å². The summed E-state index contributed by atoms with van der Waals surface area (Å²) in [5, 5.41) is 11.5. The van der Waals surface area contributed by atoms with E-state index in [1.54, 1.807) is 6.92 Å². The molecule has 0 bridgehead atoms. The zero-order valence-electron chi connectivity index (χ0n) is 12.2. The number of rotatable bonds is 5. The van der Waals surface area contributed by atoms with E-state index in [1.165, 1.54) is 11.9 Å². The Hall–Kier alpha value is -1.83. The molecule has 1 atom stereocenters. The van der Waals surface area contributed by atoms with Gasteiger partial charge in [-0.3, -0.25) is 0 Å². The Morgan fingerprint density at radius 1 is 1.41 bits per heavy atom. The lowest BCUT2D eigenvalue weighted by molar-refractivity contribution is -0.138. The van der Waals surface area contributed by atoms with E-state index in [2.05, 4.69) is 5.32 Å². The minimum Gasteiger partial charge on any atom is -0.393 e. The van der Waals surface area contributed by atoms with Crippen LogP contribution in [0.4, 0.5) is 22.4 Å². The van der Waals surface area contributed by atoms with Crippen molar-refractivity contribution in [2.75, 3.05) is 13.6 Å². The summed E-state index contributed by atoms with van der Waals surface area (Å²) in [5.74, 6) is -0.989. The van der Waals surface area contributed by atoms with Crippen LogP contribution in [0.3, 0.4) is 0 Å². The average molecular weight is 322 g/mol. The number of aliphatic hydroxyl groups excluding tert-OH is 1. The fourth-order valence-electron chi connectivity index (χ4n) is 1.75. The van der Waals surface area contributed by atoms with Crippen molar-refractivity contribution in [2.45, 2.75) is 32.2 Å². The third kappa shape index (κ3) is 5.51. The van der Waals surface area contributed by atoms with Crippen molar-refractivity contribution in [1.29, 1.82) is 0 Å². The molecule has 0 fully saturated rings. The van der Waals surface area contributed by atoms with Crippen LogP contribution in [0, 0.1) is 5.82 Å². The van der Waals surface area contributed by atoms with Gasteiger partial charge in [-0.25, -0.2) is 9.18 Å². The van der Waals surface area contributed by atoms with Crippen molar-refractivity contribution < 1.29 is 27.5 Å². The highest BCUT2D eigenvalue weighted by molar-refractivity contribution is 5.73. The Bertz CT molecular complexity index is 518. The van der Waals surface area contributed by atoms with Crippen LogP contribution >= 0.6 is 0 Å². The number of carbonyl (C=O) groups excluding carboxylic acids is 1. The van der Waals surface area contributed by atoms with E-state index < -0.39 is 29.7 Å². The third-order valence-corrected chi connectivity index (χ3v) is 3.04. The number of hydrogen-bond acceptors (Lipinski definition) is 2. The number of alkyl halides is 3. The number of nitrogens with one attached hydrogen (secondary N) is 1. The summed E-state index contributed by atoms with van der Waals surface area (Å²) in [6, 6.07) is 1.74. The monoisotopic (exact) mass is 322 g/mol. The Morgan fingerprint density at radius 2 is 2.05 bits per heavy atom. The van der Waals surface area contributed by atoms with Gasteiger partial charge in [0.15, 0.2) is 0 Å². The predicted molar refractivity (Wildman–Crippen MR) is 72.6 cm³/mol. The van der Waals surface area contributed by atoms with Gasteiger partial charge >= 0.3 is 12.2 Å². The Kier molecular flexibility index (Phi) is 6.16. The summed E-state index contributed by atoms with van der Waals surface area (Å²) < 4.78 is 51.4. The van der Waals surface area contributed by atoms with E-state index in [0.717, 1.165) is 12.1 Å². The maximum Gasteiger partial charge on any atom is 0.416 e. The molecule has 4 nitrogen and oxygen atoms in total. The van der Waals surface area contributed by atoms with Gasteiger partial charge in [-0.2, -0.15) is 13.2 Å². The first-order valence-electron chi connectivity index (χ1n) is 6.64. The molecule has 124 valence electrons. The summed E-state index contributed by atoms with van der Waals surface area (Å²) >= 11 is 0. The van der Waals surface area contributed by atoms with Crippen LogP contribution in [0.2, 0.25) is 0 Å². The van der Waals surface area contributed by atoms with Gasteiger partial charge < -0.3 is 15.3 Å². The molecule has 1 rings (SSSR count). The van der Waals surface area contributed by atoms with E-state index in [1.807, 2.05) is 0 Å². The molecule has 0 aliphatic carbocycles. The van der Waals surface area contributed by atoms with Crippen LogP contribution in [0.5, 0.6) is 0 Å². The summed E-state index contributed by atoms with van der Waals surface area (Å²) in [5.41, 5.74) is -1.33. The van der Waals surface area contributed by atoms with Gasteiger partial charge in [0, 0.05) is 20.1 Å². The predicted octanol–water partition coefficient (Wildman–Crippen LogP) is 2.76. The zero-order valence-corrected chi connectivity index (χ0v) is 12.2. The lowest BCUT2D eigenvalue weighted by atomic mass is 10.1. The number of nitrogens with zero attached hydrogens (tertiary/aromatic N) is 1. The van der Waals surface area contributed by atoms with E-state index in [9.17, 15) is 22.4 Å². The first kappa shape index (κ1) is 18.2. The molecule has 1 aromatic rings. The van der Waals surface area contributed by atoms with Gasteiger partial charge in [0.1, 0.15) is 5.82 Å². The molecule has 0 aliphatic heterocycles. The Labute approximate surface area is 125 Å². The fraction of sp³-hybridized carbons (Fsp3) is 0.500. The highest BCUT2D eigenvalue weighted by Crippen LogP contribution is 2.32. The molecule has 0 aromatic heterocycles. The highest BCUT2D eigenvalue weighted by Gasteiger charge is 2.33. The molecule has 0 saturated heterocycles. The standard InChI is InChI=1S/C14H18F4N2O2/c1-9(21)5-6-20(2)13(22)19-8-10-3-4-11(15)7-12(10)14(16,17)18/h3-4,7,9,21H,5-6,8H2,1-2H3,(H,19,22). The van der Waals surface area contributed by atoms with Gasteiger partial charge in [0.25, 0.3) is 0 Å². The largest absolute Gasteiger partial charge is 0.416 e. The van der Waals surface area contributed by atoms with Crippen LogP contribution in [0.1, 0.15) is 24.5 Å². The number of urea groups is 1. The van der Waals surface area contributed by atoms with E-state index in [0.29, 0.717) is 12.5 Å². The Morgan fingerprint density at radius 3 is 2.59 bits per heavy atom. The number of benzene rings is 1. The molecule has 0 spiro atoms. The lowest BCUT2D eigenvalue weighted by Gasteiger charge is -2.19. The molecule has 2 N–H and O–H groups in total. The first-order valence-corrected chi connectivity index (χ1v) is 6.64. The van der Waals surface area contributed by atoms with Gasteiger partial charge in [-0.15, -0.1) is 0 Å². The van der Waals surface area contributed by atoms with Crippen LogP contribution in [0.15, 0.2) is 18.2 Å². The summed E-state index contributed by atoms with van der Waals surface area (Å²) in [4.78, 5) is 13.0. The first-order chi connectivity index (χ1) is 10.1. The number of aliphatic hydroxyl groups is 1. The SMILES string of the molecule is CC(O)CCN(C)C(=O)NCc1ccc(F)cc1C(F)(F)F. The van der Waals surface area contributed by atoms with Crippen LogP contribution in [-0.4, -0.2) is 35.7 Å². The average Bonchev–Trinajstić information content (AvgIpc) is 2.41. The lowest BCUT2D eigenvalue weighted by Crippen LogP contribution is -2.38. The molecule has 8 heteroatoms. The van der Waals surface area contributed by atoms with Crippen molar-refractivity contribution in [2.24, 2.45) is 0 Å². The highest BCUT2D eigenvalue weighted by atomic mass is 19.4. The molecule has 0 radical (unpaired) electrons. The maximum atomic E-state index is 13.0. The summed E-state index contributed by atoms with van der Waals surface area (Å²) in [7, 11) is 1.47. The van der Waals surface area contributed by atoms with Crippen molar-refractivity contribution in [1.82, 2.24) is 10.2 Å². The summed E-state index contributed by atoms with van der Waals surface area (Å²) in [6.45, 7) is 1.46. The minimum absolute atomic E-state index is 0.217. The number of amides is 2. The third-order valence-electron chi connectivity index (χ3n) is 3.04. The van der Waals surface area contributed by atoms with Crippen molar-refractivity contribution >= 4 is 6.03 Å². The molecular weight excluding hydrogens is 304 g/mol. The van der Waals surface area contributed by atoms with Crippen molar-refractivity contribution in [3.8, 4) is 0 Å². The van der Waals surface area contributed by atoms with Crippen molar-refractivity contribution in [3.05, 3.63) is 35.1 Å². The quantitative estimate of drug-likeness (QED) is 0.819. The molecular formula is C14H18F4N2O2. The molecule has 22 heavy (non-hydrogen) atoms.